The number of sulfone groups is 1. The van der Waals surface area contributed by atoms with Gasteiger partial charge in [-0.15, -0.1) is 5.11 Å². The van der Waals surface area contributed by atoms with Gasteiger partial charge in [-0.1, -0.05) is 35.9 Å². The van der Waals surface area contributed by atoms with Gasteiger partial charge < -0.3 is 11.2 Å². The quantitative estimate of drug-likeness (QED) is 0.168. The number of nitrogens with one attached hydrogen (secondary N) is 2. The van der Waals surface area contributed by atoms with E-state index in [-0.39, 0.29) is 22.3 Å². The number of amidine groups is 1. The van der Waals surface area contributed by atoms with Crippen molar-refractivity contribution in [3.8, 4) is 11.4 Å². The lowest BCUT2D eigenvalue weighted by Crippen LogP contribution is -2.20. The number of halogens is 1. The lowest BCUT2D eigenvalue weighted by Gasteiger charge is -2.20. The fraction of sp³-hybridized carbons (Fsp3) is 0.190. The third-order valence-electron chi connectivity index (χ3n) is 5.01. The Morgan fingerprint density at radius 1 is 1.19 bits per heavy atom. The summed E-state index contributed by atoms with van der Waals surface area (Å²) in [7, 11) is -3.51. The molecule has 4 N–H and O–H groups in total. The molecule has 11 heteroatoms. The third-order valence-corrected chi connectivity index (χ3v) is 7.13. The molecule has 0 aliphatic carbocycles. The van der Waals surface area contributed by atoms with E-state index in [1.807, 2.05) is 18.2 Å². The van der Waals surface area contributed by atoms with Gasteiger partial charge in [-0.05, 0) is 42.7 Å². The Morgan fingerprint density at radius 2 is 1.97 bits per heavy atom. The van der Waals surface area contributed by atoms with Crippen LogP contribution in [0, 0.1) is 5.53 Å². The van der Waals surface area contributed by atoms with Crippen LogP contribution in [0.5, 0.6) is 0 Å². The molecule has 0 atom stereocenters. The Hall–Kier alpha value is -3.37. The molecule has 0 unspecified atom stereocenters. The van der Waals surface area contributed by atoms with Crippen LogP contribution in [0.3, 0.4) is 0 Å². The Balaban J connectivity index is 1.74. The van der Waals surface area contributed by atoms with Crippen LogP contribution >= 0.6 is 11.6 Å². The van der Waals surface area contributed by atoms with Crippen LogP contribution in [0.15, 0.2) is 63.6 Å². The summed E-state index contributed by atoms with van der Waals surface area (Å²) in [6, 6.07) is 14.3. The largest absolute Gasteiger partial charge is 0.339 e. The number of aromatic nitrogens is 2. The van der Waals surface area contributed by atoms with Crippen LogP contribution in [-0.2, 0) is 22.7 Å². The molecular weight excluding hydrogens is 450 g/mol. The number of aryl methyl sites for hydroxylation is 1. The molecule has 0 radical (unpaired) electrons. The van der Waals surface area contributed by atoms with Gasteiger partial charge in [-0.2, -0.15) is 5.10 Å². The molecule has 32 heavy (non-hydrogen) atoms. The summed E-state index contributed by atoms with van der Waals surface area (Å²) < 4.78 is 25.7. The first-order chi connectivity index (χ1) is 15.4. The predicted molar refractivity (Wildman–Crippen MR) is 123 cm³/mol. The SMILES string of the molecule is N=NC(Cc1ccc(Nc2nc(-c3cccc(Cl)c3)nc3c2S(=O)(=O)CCC3)cc1)=NN. The smallest absolute Gasteiger partial charge is 0.183 e. The molecule has 164 valence electrons. The Bertz CT molecular complexity index is 1310. The summed E-state index contributed by atoms with van der Waals surface area (Å²) in [5, 5.41) is 10.4. The van der Waals surface area contributed by atoms with Crippen LogP contribution < -0.4 is 11.2 Å². The second kappa shape index (κ2) is 9.01. The number of rotatable bonds is 5. The maximum atomic E-state index is 12.8. The number of hydrogen-bond acceptors (Lipinski definition) is 8. The van der Waals surface area contributed by atoms with E-state index in [2.05, 4.69) is 25.5 Å². The minimum Gasteiger partial charge on any atom is -0.339 e. The highest BCUT2D eigenvalue weighted by Gasteiger charge is 2.30. The summed E-state index contributed by atoms with van der Waals surface area (Å²) in [4.78, 5) is 9.24. The Kier molecular flexibility index (Phi) is 6.15. The van der Waals surface area contributed by atoms with E-state index in [4.69, 9.17) is 23.0 Å². The number of nitrogens with zero attached hydrogens (tertiary/aromatic N) is 4. The predicted octanol–water partition coefficient (Wildman–Crippen LogP) is 4.11. The van der Waals surface area contributed by atoms with E-state index < -0.39 is 9.84 Å². The molecule has 0 saturated carbocycles. The fourth-order valence-corrected chi connectivity index (χ4v) is 5.32. The summed E-state index contributed by atoms with van der Waals surface area (Å²) in [6.45, 7) is 0. The molecule has 0 amide bonds. The van der Waals surface area contributed by atoms with Gasteiger partial charge >= 0.3 is 0 Å². The molecule has 3 aromatic rings. The van der Waals surface area contributed by atoms with Crippen molar-refractivity contribution in [1.29, 1.82) is 5.53 Å². The number of hydrazone groups is 1. The van der Waals surface area contributed by atoms with Crippen molar-refractivity contribution < 1.29 is 8.42 Å². The zero-order valence-corrected chi connectivity index (χ0v) is 18.5. The second-order valence-corrected chi connectivity index (χ2v) is 9.74. The van der Waals surface area contributed by atoms with Crippen LogP contribution in [-0.4, -0.2) is 30.0 Å². The standard InChI is InChI=1S/C21H20ClN7O2S/c22-15-4-1-3-14(12-15)20-26-17-5-2-10-32(30,31)19(17)21(27-20)25-16-8-6-13(7-9-16)11-18(28-23)29-24/h1,3-4,6-9,12,23H,2,5,10-11,24H2,(H,25,26,27). The van der Waals surface area contributed by atoms with Crippen molar-refractivity contribution in [1.82, 2.24) is 9.97 Å². The average molecular weight is 470 g/mol. The van der Waals surface area contributed by atoms with Crippen LogP contribution in [0.2, 0.25) is 5.02 Å². The minimum absolute atomic E-state index is 0.0608. The molecule has 2 aromatic carbocycles. The number of hydrogen-bond donors (Lipinski definition) is 3. The highest BCUT2D eigenvalue weighted by molar-refractivity contribution is 7.91. The molecule has 0 fully saturated rings. The van der Waals surface area contributed by atoms with Crippen molar-refractivity contribution in [3.05, 3.63) is 64.8 Å². The van der Waals surface area contributed by atoms with Crippen molar-refractivity contribution in [3.63, 3.8) is 0 Å². The van der Waals surface area contributed by atoms with E-state index in [1.165, 1.54) is 0 Å². The van der Waals surface area contributed by atoms with Crippen LogP contribution in [0.4, 0.5) is 11.5 Å². The van der Waals surface area contributed by atoms with Crippen LogP contribution in [0.1, 0.15) is 17.7 Å². The molecule has 4 rings (SSSR count). The van der Waals surface area contributed by atoms with Gasteiger partial charge in [0.25, 0.3) is 0 Å². The number of nitrogens with two attached hydrogens (primary N) is 1. The highest BCUT2D eigenvalue weighted by atomic mass is 35.5. The van der Waals surface area contributed by atoms with E-state index in [1.54, 1.807) is 30.3 Å². The van der Waals surface area contributed by atoms with Gasteiger partial charge in [-0.3, -0.25) is 0 Å². The lowest BCUT2D eigenvalue weighted by atomic mass is 10.1. The topological polar surface area (TPSA) is 147 Å². The Morgan fingerprint density at radius 3 is 2.66 bits per heavy atom. The monoisotopic (exact) mass is 469 g/mol. The maximum Gasteiger partial charge on any atom is 0.183 e. The maximum absolute atomic E-state index is 12.8. The van der Waals surface area contributed by atoms with Gasteiger partial charge in [0.2, 0.25) is 0 Å². The summed E-state index contributed by atoms with van der Waals surface area (Å²) in [5.41, 5.74) is 9.77. The van der Waals surface area contributed by atoms with E-state index in [9.17, 15) is 8.42 Å². The molecule has 1 aliphatic heterocycles. The fourth-order valence-electron chi connectivity index (χ4n) is 3.51. The molecule has 1 aliphatic rings. The van der Waals surface area contributed by atoms with Gasteiger partial charge in [0, 0.05) is 22.7 Å². The van der Waals surface area contributed by atoms with Crippen molar-refractivity contribution >= 4 is 38.8 Å². The van der Waals surface area contributed by atoms with E-state index in [0.29, 0.717) is 47.1 Å². The zero-order valence-electron chi connectivity index (χ0n) is 16.9. The van der Waals surface area contributed by atoms with Gasteiger partial charge in [0.05, 0.1) is 11.4 Å². The second-order valence-electron chi connectivity index (χ2n) is 7.26. The number of anilines is 2. The Labute approximate surface area is 190 Å². The lowest BCUT2D eigenvalue weighted by molar-refractivity contribution is 0.584. The highest BCUT2D eigenvalue weighted by Crippen LogP contribution is 2.33. The van der Waals surface area contributed by atoms with E-state index in [0.717, 1.165) is 5.56 Å². The van der Waals surface area contributed by atoms with Crippen LogP contribution in [0.25, 0.3) is 11.4 Å². The third kappa shape index (κ3) is 4.61. The summed E-state index contributed by atoms with van der Waals surface area (Å²) in [6.07, 6.45) is 1.38. The molecule has 1 aromatic heterocycles. The average Bonchev–Trinajstić information content (AvgIpc) is 2.78. The first-order valence-electron chi connectivity index (χ1n) is 9.79. The van der Waals surface area contributed by atoms with Gasteiger partial charge in [0.1, 0.15) is 4.90 Å². The van der Waals surface area contributed by atoms with Gasteiger partial charge in [-0.25, -0.2) is 23.9 Å². The molecule has 2 heterocycles. The molecule has 0 bridgehead atoms. The molecule has 9 nitrogen and oxygen atoms in total. The minimum atomic E-state index is -3.51. The zero-order chi connectivity index (χ0) is 22.7. The molecular formula is C21H20ClN7O2S. The van der Waals surface area contributed by atoms with Gasteiger partial charge in [0.15, 0.2) is 27.3 Å². The number of benzene rings is 2. The summed E-state index contributed by atoms with van der Waals surface area (Å²) >= 11 is 6.12. The van der Waals surface area contributed by atoms with E-state index >= 15 is 0 Å². The van der Waals surface area contributed by atoms with Crippen molar-refractivity contribution in [2.24, 2.45) is 16.1 Å². The summed E-state index contributed by atoms with van der Waals surface area (Å²) in [5.74, 6) is 6.11. The first kappa shape index (κ1) is 21.8. The first-order valence-corrected chi connectivity index (χ1v) is 11.8. The molecule has 0 spiro atoms. The normalized spacial score (nSPS) is 15.1. The van der Waals surface area contributed by atoms with Crippen molar-refractivity contribution in [2.75, 3.05) is 11.1 Å². The number of fused-ring (bicyclic) bond motifs is 1. The van der Waals surface area contributed by atoms with Crippen molar-refractivity contribution in [2.45, 2.75) is 24.2 Å². The molecule has 0 saturated heterocycles.